The molecule has 0 radical (unpaired) electrons. The largest absolute Gasteiger partial charge is 0.0642 e. The zero-order valence-corrected chi connectivity index (χ0v) is 16.8. The van der Waals surface area contributed by atoms with Crippen molar-refractivity contribution in [2.45, 2.75) is 78.1 Å². The quantitative estimate of drug-likeness (QED) is 0.571. The van der Waals surface area contributed by atoms with Gasteiger partial charge in [0.2, 0.25) is 0 Å². The fraction of sp³-hybridized carbons (Fsp3) is 0.500. The zero-order chi connectivity index (χ0) is 18.2. The fourth-order valence-corrected chi connectivity index (χ4v) is 3.25. The van der Waals surface area contributed by atoms with Gasteiger partial charge in [-0.05, 0) is 39.5 Å². The minimum Gasteiger partial charge on any atom is -0.0642 e. The van der Waals surface area contributed by atoms with Gasteiger partial charge in [-0.15, -0.1) is 0 Å². The molecule has 0 heterocycles. The highest BCUT2D eigenvalue weighted by atomic mass is 14.3. The molecule has 0 fully saturated rings. The lowest BCUT2D eigenvalue weighted by molar-refractivity contribution is 0.544. The predicted octanol–water partition coefficient (Wildman–Crippen LogP) is 7.00. The first-order chi connectivity index (χ1) is 11.0. The molecule has 0 aliphatic heterocycles. The summed E-state index contributed by atoms with van der Waals surface area (Å²) in [4.78, 5) is 0. The average Bonchev–Trinajstić information content (AvgIpc) is 2.53. The molecule has 0 heteroatoms. The third kappa shape index (κ3) is 3.74. The Hall–Kier alpha value is -1.56. The van der Waals surface area contributed by atoms with Crippen LogP contribution in [0.4, 0.5) is 0 Å². The van der Waals surface area contributed by atoms with Gasteiger partial charge in [-0.3, -0.25) is 0 Å². The SMILES string of the molecule is CCC(C)(c1ccc(C(C)(C)C)cc1)c1ccc(C(C)(C)C)cc1. The standard InChI is InChI=1S/C24H34/c1-9-24(8,20-14-10-18(11-15-20)22(2,3)4)21-16-12-19(13-17-21)23(5,6)7/h10-17H,9H2,1-8H3. The summed E-state index contributed by atoms with van der Waals surface area (Å²) in [6.45, 7) is 18.3. The molecule has 2 aromatic carbocycles. The first-order valence-corrected chi connectivity index (χ1v) is 9.20. The highest BCUT2D eigenvalue weighted by Gasteiger charge is 2.28. The summed E-state index contributed by atoms with van der Waals surface area (Å²) in [5.74, 6) is 0. The van der Waals surface area contributed by atoms with E-state index in [0.717, 1.165) is 6.42 Å². The van der Waals surface area contributed by atoms with E-state index in [1.807, 2.05) is 0 Å². The van der Waals surface area contributed by atoms with Crippen LogP contribution in [0, 0.1) is 0 Å². The van der Waals surface area contributed by atoms with Gasteiger partial charge in [-0.25, -0.2) is 0 Å². The molecular weight excluding hydrogens is 288 g/mol. The molecule has 0 amide bonds. The van der Waals surface area contributed by atoms with Gasteiger partial charge in [0.1, 0.15) is 0 Å². The van der Waals surface area contributed by atoms with E-state index in [2.05, 4.69) is 104 Å². The Morgan fingerprint density at radius 3 is 0.958 bits per heavy atom. The van der Waals surface area contributed by atoms with Gasteiger partial charge >= 0.3 is 0 Å². The van der Waals surface area contributed by atoms with Crippen molar-refractivity contribution >= 4 is 0 Å². The van der Waals surface area contributed by atoms with Crippen molar-refractivity contribution in [3.63, 3.8) is 0 Å². The first-order valence-electron chi connectivity index (χ1n) is 9.20. The summed E-state index contributed by atoms with van der Waals surface area (Å²) >= 11 is 0. The van der Waals surface area contributed by atoms with Crippen LogP contribution in [-0.4, -0.2) is 0 Å². The van der Waals surface area contributed by atoms with Gasteiger partial charge in [0.05, 0.1) is 0 Å². The maximum absolute atomic E-state index is 2.37. The number of rotatable bonds is 3. The van der Waals surface area contributed by atoms with Crippen LogP contribution in [0.5, 0.6) is 0 Å². The number of hydrogen-bond acceptors (Lipinski definition) is 0. The Morgan fingerprint density at radius 1 is 0.500 bits per heavy atom. The summed E-state index contributed by atoms with van der Waals surface area (Å²) < 4.78 is 0. The van der Waals surface area contributed by atoms with Crippen LogP contribution in [-0.2, 0) is 16.2 Å². The molecule has 0 atom stereocenters. The van der Waals surface area contributed by atoms with E-state index < -0.39 is 0 Å². The maximum atomic E-state index is 2.37. The van der Waals surface area contributed by atoms with Crippen LogP contribution < -0.4 is 0 Å². The molecule has 24 heavy (non-hydrogen) atoms. The number of hydrogen-bond donors (Lipinski definition) is 0. The van der Waals surface area contributed by atoms with Crippen molar-refractivity contribution in [3.05, 3.63) is 70.8 Å². The van der Waals surface area contributed by atoms with Crippen LogP contribution in [0.1, 0.15) is 84.1 Å². The molecule has 0 aromatic heterocycles. The Labute approximate surface area is 149 Å². The molecule has 130 valence electrons. The monoisotopic (exact) mass is 322 g/mol. The third-order valence-electron chi connectivity index (χ3n) is 5.48. The Kier molecular flexibility index (Phi) is 5.00. The molecule has 0 aliphatic rings. The Morgan fingerprint density at radius 2 is 0.750 bits per heavy atom. The molecule has 0 saturated carbocycles. The summed E-state index contributed by atoms with van der Waals surface area (Å²) in [5, 5.41) is 0. The van der Waals surface area contributed by atoms with Crippen LogP contribution in [0.15, 0.2) is 48.5 Å². The number of benzene rings is 2. The van der Waals surface area contributed by atoms with Crippen LogP contribution in [0.2, 0.25) is 0 Å². The maximum Gasteiger partial charge on any atom is 0.0172 e. The minimum atomic E-state index is 0.0623. The molecule has 2 rings (SSSR count). The van der Waals surface area contributed by atoms with E-state index in [1.165, 1.54) is 22.3 Å². The minimum absolute atomic E-state index is 0.0623. The molecule has 0 nitrogen and oxygen atoms in total. The second-order valence-corrected chi connectivity index (χ2v) is 9.34. The average molecular weight is 323 g/mol. The highest BCUT2D eigenvalue weighted by Crippen LogP contribution is 2.37. The summed E-state index contributed by atoms with van der Waals surface area (Å²) in [6.07, 6.45) is 1.09. The van der Waals surface area contributed by atoms with E-state index in [4.69, 9.17) is 0 Å². The molecule has 2 aromatic rings. The van der Waals surface area contributed by atoms with Gasteiger partial charge in [0.15, 0.2) is 0 Å². The second kappa shape index (κ2) is 6.39. The molecule has 0 spiro atoms. The van der Waals surface area contributed by atoms with Crippen molar-refractivity contribution < 1.29 is 0 Å². The van der Waals surface area contributed by atoms with Crippen molar-refractivity contribution in [1.82, 2.24) is 0 Å². The van der Waals surface area contributed by atoms with E-state index >= 15 is 0 Å². The van der Waals surface area contributed by atoms with E-state index in [1.54, 1.807) is 0 Å². The van der Waals surface area contributed by atoms with Gasteiger partial charge in [-0.2, -0.15) is 0 Å². The lowest BCUT2D eigenvalue weighted by Gasteiger charge is -2.31. The smallest absolute Gasteiger partial charge is 0.0172 e. The Bertz CT molecular complexity index is 600. The van der Waals surface area contributed by atoms with Crippen molar-refractivity contribution in [2.24, 2.45) is 0 Å². The lowest BCUT2D eigenvalue weighted by atomic mass is 9.72. The predicted molar refractivity (Wildman–Crippen MR) is 107 cm³/mol. The van der Waals surface area contributed by atoms with Crippen molar-refractivity contribution in [3.8, 4) is 0 Å². The molecule has 0 N–H and O–H groups in total. The normalized spacial score (nSPS) is 13.2. The topological polar surface area (TPSA) is 0 Å². The van der Waals surface area contributed by atoms with Crippen molar-refractivity contribution in [1.29, 1.82) is 0 Å². The lowest BCUT2D eigenvalue weighted by Crippen LogP contribution is -2.23. The van der Waals surface area contributed by atoms with Crippen LogP contribution in [0.3, 0.4) is 0 Å². The molecule has 0 saturated heterocycles. The van der Waals surface area contributed by atoms with Gasteiger partial charge in [-0.1, -0.05) is 104 Å². The molecule has 0 bridgehead atoms. The third-order valence-corrected chi connectivity index (χ3v) is 5.48. The van der Waals surface area contributed by atoms with Crippen LogP contribution >= 0.6 is 0 Å². The second-order valence-electron chi connectivity index (χ2n) is 9.34. The molecular formula is C24H34. The summed E-state index contributed by atoms with van der Waals surface area (Å²) in [6, 6.07) is 18.5. The molecule has 0 aliphatic carbocycles. The summed E-state index contributed by atoms with van der Waals surface area (Å²) in [5.41, 5.74) is 6.07. The van der Waals surface area contributed by atoms with E-state index in [-0.39, 0.29) is 16.2 Å². The van der Waals surface area contributed by atoms with E-state index in [9.17, 15) is 0 Å². The Balaban J connectivity index is 2.41. The zero-order valence-electron chi connectivity index (χ0n) is 16.8. The van der Waals surface area contributed by atoms with Gasteiger partial charge < -0.3 is 0 Å². The van der Waals surface area contributed by atoms with Crippen molar-refractivity contribution in [2.75, 3.05) is 0 Å². The first kappa shape index (κ1) is 18.8. The van der Waals surface area contributed by atoms with Gasteiger partial charge in [0, 0.05) is 5.41 Å². The fourth-order valence-electron chi connectivity index (χ4n) is 3.25. The molecule has 0 unspecified atom stereocenters. The van der Waals surface area contributed by atoms with Crippen LogP contribution in [0.25, 0.3) is 0 Å². The van der Waals surface area contributed by atoms with E-state index in [0.29, 0.717) is 0 Å². The summed E-state index contributed by atoms with van der Waals surface area (Å²) in [7, 11) is 0. The van der Waals surface area contributed by atoms with Gasteiger partial charge in [0.25, 0.3) is 0 Å². The highest BCUT2D eigenvalue weighted by molar-refractivity contribution is 5.42.